The highest BCUT2D eigenvalue weighted by molar-refractivity contribution is 7.87. The fourth-order valence-electron chi connectivity index (χ4n) is 2.19. The smallest absolute Gasteiger partial charge is 0.465 e. The number of alkyl halides is 3. The molecule has 23 heavy (non-hydrogen) atoms. The quantitative estimate of drug-likeness (QED) is 0.476. The van der Waals surface area contributed by atoms with Crippen LogP contribution in [0.2, 0.25) is 0 Å². The minimum absolute atomic E-state index is 0.0893. The summed E-state index contributed by atoms with van der Waals surface area (Å²) in [6.07, 6.45) is 0.856. The third-order valence-electron chi connectivity index (χ3n) is 3.41. The van der Waals surface area contributed by atoms with E-state index in [2.05, 4.69) is 8.92 Å². The summed E-state index contributed by atoms with van der Waals surface area (Å²) in [5.74, 6) is -1.08. The van der Waals surface area contributed by atoms with Gasteiger partial charge < -0.3 is 8.92 Å². The molecule has 1 aliphatic carbocycles. The number of hydrogen-bond donors (Lipinski definition) is 0. The number of hydrogen-bond acceptors (Lipinski definition) is 5. The fraction of sp³-hybridized carbons (Fsp3) is 0.357. The van der Waals surface area contributed by atoms with Gasteiger partial charge in [-0.3, -0.25) is 0 Å². The summed E-state index contributed by atoms with van der Waals surface area (Å²) in [6.45, 7) is 1.48. The van der Waals surface area contributed by atoms with E-state index in [1.165, 1.54) is 25.1 Å². The number of rotatable bonds is 3. The maximum absolute atomic E-state index is 12.5. The predicted octanol–water partition coefficient (Wildman–Crippen LogP) is 3.02. The van der Waals surface area contributed by atoms with E-state index < -0.39 is 27.4 Å². The average molecular weight is 350 g/mol. The van der Waals surface area contributed by atoms with Gasteiger partial charge >= 0.3 is 21.6 Å². The number of esters is 1. The van der Waals surface area contributed by atoms with Crippen LogP contribution in [0.25, 0.3) is 5.76 Å². The first-order chi connectivity index (χ1) is 10.6. The van der Waals surface area contributed by atoms with Crippen LogP contribution in [-0.2, 0) is 25.5 Å². The lowest BCUT2D eigenvalue weighted by atomic mass is 9.90. The van der Waals surface area contributed by atoms with Crippen molar-refractivity contribution in [2.24, 2.45) is 0 Å². The first kappa shape index (κ1) is 17.3. The molecule has 1 aliphatic rings. The molecule has 0 heterocycles. The standard InChI is InChI=1S/C14H13F3O5S/c1-8-3-4-9-5-6-10(13(18)21-2)7-11(9)12(8)22-23(19,20)14(15,16)17/h5-7H,3-4H2,1-2H3. The molecule has 0 saturated heterocycles. The summed E-state index contributed by atoms with van der Waals surface area (Å²) in [7, 11) is -4.62. The summed E-state index contributed by atoms with van der Waals surface area (Å²) < 4.78 is 69.1. The number of halogens is 3. The lowest BCUT2D eigenvalue weighted by molar-refractivity contribution is -0.0509. The monoisotopic (exact) mass is 350 g/mol. The van der Waals surface area contributed by atoms with Crippen LogP contribution in [0.1, 0.15) is 34.8 Å². The molecular formula is C14H13F3O5S. The van der Waals surface area contributed by atoms with Gasteiger partial charge in [0.05, 0.1) is 12.7 Å². The van der Waals surface area contributed by atoms with Crippen LogP contribution >= 0.6 is 0 Å². The van der Waals surface area contributed by atoms with Crippen molar-refractivity contribution in [1.82, 2.24) is 0 Å². The Morgan fingerprint density at radius 1 is 1.22 bits per heavy atom. The fourth-order valence-corrected chi connectivity index (χ4v) is 2.74. The molecule has 0 N–H and O–H groups in total. The van der Waals surface area contributed by atoms with Gasteiger partial charge in [-0.2, -0.15) is 21.6 Å². The van der Waals surface area contributed by atoms with E-state index in [0.29, 0.717) is 24.0 Å². The van der Waals surface area contributed by atoms with Gasteiger partial charge in [-0.1, -0.05) is 6.07 Å². The van der Waals surface area contributed by atoms with Crippen molar-refractivity contribution in [2.45, 2.75) is 25.3 Å². The van der Waals surface area contributed by atoms with Gasteiger partial charge in [0, 0.05) is 5.56 Å². The molecule has 126 valence electrons. The molecule has 0 fully saturated rings. The van der Waals surface area contributed by atoms with E-state index in [-0.39, 0.29) is 11.1 Å². The molecule has 0 atom stereocenters. The Labute approximate surface area is 130 Å². The maximum atomic E-state index is 12.5. The van der Waals surface area contributed by atoms with Gasteiger partial charge in [-0.25, -0.2) is 4.79 Å². The third-order valence-corrected chi connectivity index (χ3v) is 4.36. The first-order valence-electron chi connectivity index (χ1n) is 6.49. The highest BCUT2D eigenvalue weighted by atomic mass is 32.2. The molecule has 0 saturated carbocycles. The Morgan fingerprint density at radius 2 is 1.87 bits per heavy atom. The zero-order valence-corrected chi connectivity index (χ0v) is 13.0. The number of fused-ring (bicyclic) bond motifs is 1. The van der Waals surface area contributed by atoms with Crippen molar-refractivity contribution in [3.8, 4) is 0 Å². The van der Waals surface area contributed by atoms with Crippen LogP contribution in [0, 0.1) is 0 Å². The predicted molar refractivity (Wildman–Crippen MR) is 74.8 cm³/mol. The molecule has 5 nitrogen and oxygen atoms in total. The first-order valence-corrected chi connectivity index (χ1v) is 7.90. The summed E-state index contributed by atoms with van der Waals surface area (Å²) in [6, 6.07) is 4.27. The third kappa shape index (κ3) is 3.34. The number of ether oxygens (including phenoxy) is 1. The molecule has 9 heteroatoms. The van der Waals surface area contributed by atoms with Crippen molar-refractivity contribution in [3.63, 3.8) is 0 Å². The van der Waals surface area contributed by atoms with Crippen molar-refractivity contribution in [2.75, 3.05) is 7.11 Å². The van der Waals surface area contributed by atoms with Crippen LogP contribution in [0.3, 0.4) is 0 Å². The molecule has 0 amide bonds. The number of methoxy groups -OCH3 is 1. The lowest BCUT2D eigenvalue weighted by Crippen LogP contribution is -2.26. The Bertz CT molecular complexity index is 778. The molecule has 0 unspecified atom stereocenters. The van der Waals surface area contributed by atoms with E-state index >= 15 is 0 Å². The molecule has 0 radical (unpaired) electrons. The summed E-state index contributed by atoms with van der Waals surface area (Å²) in [5, 5.41) is 0. The molecule has 0 bridgehead atoms. The molecule has 2 rings (SSSR count). The minimum Gasteiger partial charge on any atom is -0.465 e. The maximum Gasteiger partial charge on any atom is 0.534 e. The molecular weight excluding hydrogens is 337 g/mol. The number of benzene rings is 1. The van der Waals surface area contributed by atoms with Gasteiger partial charge in [-0.05, 0) is 43.0 Å². The van der Waals surface area contributed by atoms with Crippen molar-refractivity contribution >= 4 is 21.8 Å². The topological polar surface area (TPSA) is 69.7 Å². The van der Waals surface area contributed by atoms with E-state index in [1.54, 1.807) is 0 Å². The van der Waals surface area contributed by atoms with Gasteiger partial charge in [0.1, 0.15) is 5.76 Å². The second-order valence-corrected chi connectivity index (χ2v) is 6.49. The van der Waals surface area contributed by atoms with E-state index in [9.17, 15) is 26.4 Å². The minimum atomic E-state index is -5.79. The number of carbonyl (C=O) groups is 1. The summed E-state index contributed by atoms with van der Waals surface area (Å²) >= 11 is 0. The van der Waals surface area contributed by atoms with E-state index in [1.807, 2.05) is 0 Å². The van der Waals surface area contributed by atoms with Crippen molar-refractivity contribution in [3.05, 3.63) is 40.5 Å². The van der Waals surface area contributed by atoms with Crippen LogP contribution < -0.4 is 0 Å². The summed E-state index contributed by atoms with van der Waals surface area (Å²) in [5.41, 5.74) is -4.35. The zero-order valence-electron chi connectivity index (χ0n) is 12.2. The van der Waals surface area contributed by atoms with Gasteiger partial charge in [-0.15, -0.1) is 0 Å². The van der Waals surface area contributed by atoms with Crippen LogP contribution in [0.5, 0.6) is 0 Å². The largest absolute Gasteiger partial charge is 0.534 e. The van der Waals surface area contributed by atoms with Gasteiger partial charge in [0.25, 0.3) is 0 Å². The Kier molecular flexibility index (Phi) is 4.43. The molecule has 0 spiro atoms. The van der Waals surface area contributed by atoms with Gasteiger partial charge in [0.15, 0.2) is 0 Å². The van der Waals surface area contributed by atoms with Crippen molar-refractivity contribution < 1.29 is 35.3 Å². The molecule has 1 aromatic carbocycles. The van der Waals surface area contributed by atoms with Gasteiger partial charge in [0.2, 0.25) is 0 Å². The van der Waals surface area contributed by atoms with E-state index in [4.69, 9.17) is 0 Å². The lowest BCUT2D eigenvalue weighted by Gasteiger charge is -2.22. The normalized spacial score (nSPS) is 15.2. The van der Waals surface area contributed by atoms with Crippen molar-refractivity contribution in [1.29, 1.82) is 0 Å². The number of allylic oxidation sites excluding steroid dienone is 1. The Morgan fingerprint density at radius 3 is 2.43 bits per heavy atom. The number of carbonyl (C=O) groups excluding carboxylic acids is 1. The molecule has 1 aromatic rings. The van der Waals surface area contributed by atoms with Crippen LogP contribution in [-0.4, -0.2) is 27.0 Å². The average Bonchev–Trinajstić information content (AvgIpc) is 2.47. The highest BCUT2D eigenvalue weighted by Gasteiger charge is 2.49. The molecule has 0 aliphatic heterocycles. The zero-order chi connectivity index (χ0) is 17.4. The number of aryl methyl sites for hydroxylation is 1. The second kappa shape index (κ2) is 5.88. The Balaban J connectivity index is 2.52. The second-order valence-electron chi connectivity index (χ2n) is 4.96. The summed E-state index contributed by atoms with van der Waals surface area (Å²) in [4.78, 5) is 11.6. The SMILES string of the molecule is COC(=O)c1ccc2c(c1)C(OS(=O)(=O)C(F)(F)F)=C(C)CC2. The Hall–Kier alpha value is -2.03. The molecule has 0 aromatic heterocycles. The van der Waals surface area contributed by atoms with Crippen LogP contribution in [0.4, 0.5) is 13.2 Å². The van der Waals surface area contributed by atoms with Crippen LogP contribution in [0.15, 0.2) is 23.8 Å². The highest BCUT2D eigenvalue weighted by Crippen LogP contribution is 2.37. The van der Waals surface area contributed by atoms with E-state index in [0.717, 1.165) is 7.11 Å².